The Morgan fingerprint density at radius 2 is 1.83 bits per heavy atom. The molecule has 148 valence electrons. The molecule has 0 bridgehead atoms. The Balaban J connectivity index is 1.67. The first-order chi connectivity index (χ1) is 14.1. The number of nitrogens with zero attached hydrogens (tertiary/aromatic N) is 1. The van der Waals surface area contributed by atoms with Crippen LogP contribution in [0.1, 0.15) is 21.5 Å². The van der Waals surface area contributed by atoms with Crippen molar-refractivity contribution < 1.29 is 23.0 Å². The first-order valence-corrected chi connectivity index (χ1v) is 8.70. The molecule has 0 aromatic heterocycles. The summed E-state index contributed by atoms with van der Waals surface area (Å²) >= 11 is 0. The van der Waals surface area contributed by atoms with Gasteiger partial charge in [0.2, 0.25) is 0 Å². The van der Waals surface area contributed by atoms with Gasteiger partial charge in [0.15, 0.2) is 0 Å². The third-order valence-electron chi connectivity index (χ3n) is 4.01. The lowest BCUT2D eigenvalue weighted by atomic mass is 10.1. The van der Waals surface area contributed by atoms with E-state index in [0.29, 0.717) is 17.1 Å². The molecule has 1 amide bonds. The molecule has 7 heteroatoms. The molecule has 3 rings (SSSR count). The van der Waals surface area contributed by atoms with E-state index in [1.165, 1.54) is 48.7 Å². The normalized spacial score (nSPS) is 10.7. The summed E-state index contributed by atoms with van der Waals surface area (Å²) in [6, 6.07) is 16.6. The van der Waals surface area contributed by atoms with E-state index >= 15 is 0 Å². The number of ether oxygens (including phenoxy) is 2. The minimum Gasteiger partial charge on any atom is -0.496 e. The van der Waals surface area contributed by atoms with E-state index < -0.39 is 11.7 Å². The highest BCUT2D eigenvalue weighted by molar-refractivity contribution is 5.95. The number of rotatable bonds is 7. The van der Waals surface area contributed by atoms with Gasteiger partial charge in [-0.15, -0.1) is 0 Å². The van der Waals surface area contributed by atoms with Crippen LogP contribution in [-0.2, 0) is 6.61 Å². The number of carbonyl (C=O) groups is 1. The molecule has 29 heavy (non-hydrogen) atoms. The molecule has 0 spiro atoms. The lowest BCUT2D eigenvalue weighted by Crippen LogP contribution is -2.18. The maximum atomic E-state index is 13.6. The van der Waals surface area contributed by atoms with E-state index in [9.17, 15) is 13.6 Å². The maximum Gasteiger partial charge on any atom is 0.274 e. The number of nitrogens with one attached hydrogen (secondary N) is 1. The monoisotopic (exact) mass is 396 g/mol. The van der Waals surface area contributed by atoms with E-state index in [1.54, 1.807) is 31.4 Å². The molecule has 1 N–H and O–H groups in total. The average molecular weight is 396 g/mol. The third kappa shape index (κ3) is 5.38. The molecule has 3 aromatic rings. The smallest absolute Gasteiger partial charge is 0.274 e. The van der Waals surface area contributed by atoms with E-state index in [0.717, 1.165) is 5.56 Å². The highest BCUT2D eigenvalue weighted by Crippen LogP contribution is 2.22. The number of halogens is 2. The van der Waals surface area contributed by atoms with Crippen LogP contribution in [0, 0.1) is 11.6 Å². The van der Waals surface area contributed by atoms with Gasteiger partial charge in [-0.2, -0.15) is 5.10 Å². The lowest BCUT2D eigenvalue weighted by molar-refractivity contribution is 0.0951. The molecular weight excluding hydrogens is 378 g/mol. The predicted molar refractivity (Wildman–Crippen MR) is 105 cm³/mol. The highest BCUT2D eigenvalue weighted by atomic mass is 19.1. The Kier molecular flexibility index (Phi) is 6.52. The fraction of sp³-hybridized carbons (Fsp3) is 0.0909. The van der Waals surface area contributed by atoms with Crippen LogP contribution in [0.3, 0.4) is 0 Å². The van der Waals surface area contributed by atoms with Crippen molar-refractivity contribution in [1.82, 2.24) is 5.43 Å². The molecule has 0 unspecified atom stereocenters. The number of hydrazone groups is 1. The first-order valence-electron chi connectivity index (χ1n) is 8.70. The van der Waals surface area contributed by atoms with E-state index in [1.807, 2.05) is 0 Å². The van der Waals surface area contributed by atoms with Gasteiger partial charge in [-0.05, 0) is 60.2 Å². The van der Waals surface area contributed by atoms with E-state index in [2.05, 4.69) is 10.5 Å². The van der Waals surface area contributed by atoms with Crippen LogP contribution in [0.5, 0.6) is 11.5 Å². The Morgan fingerprint density at radius 1 is 1.07 bits per heavy atom. The molecule has 0 aliphatic heterocycles. The summed E-state index contributed by atoms with van der Waals surface area (Å²) < 4.78 is 37.6. The zero-order valence-electron chi connectivity index (χ0n) is 15.6. The Labute approximate surface area is 166 Å². The Hall–Kier alpha value is -3.74. The largest absolute Gasteiger partial charge is 0.496 e. The van der Waals surface area contributed by atoms with Gasteiger partial charge in [-0.1, -0.05) is 12.1 Å². The number of hydrogen-bond donors (Lipinski definition) is 1. The SMILES string of the molecule is COc1ccc(/C=N/NC(=O)c2ccccc2F)cc1COc1ccc(F)cc1. The lowest BCUT2D eigenvalue weighted by Gasteiger charge is -2.11. The summed E-state index contributed by atoms with van der Waals surface area (Å²) in [5, 5.41) is 3.87. The number of benzene rings is 3. The Bertz CT molecular complexity index is 1020. The number of carbonyl (C=O) groups excluding carboxylic acids is 1. The highest BCUT2D eigenvalue weighted by Gasteiger charge is 2.09. The first kappa shape index (κ1) is 20.0. The van der Waals surface area contributed by atoms with Crippen LogP contribution in [0.4, 0.5) is 8.78 Å². The van der Waals surface area contributed by atoms with Crippen LogP contribution < -0.4 is 14.9 Å². The standard InChI is InChI=1S/C22H18F2N2O3/c1-28-21-11-6-15(12-16(21)14-29-18-9-7-17(23)8-10-18)13-25-26-22(27)19-4-2-3-5-20(19)24/h2-13H,14H2,1H3,(H,26,27)/b25-13+. The molecule has 0 saturated carbocycles. The van der Waals surface area contributed by atoms with Crippen LogP contribution in [0.25, 0.3) is 0 Å². The summed E-state index contributed by atoms with van der Waals surface area (Å²) in [5.74, 6) is -0.479. The van der Waals surface area contributed by atoms with Gasteiger partial charge in [-0.25, -0.2) is 14.2 Å². The second-order valence-corrected chi connectivity index (χ2v) is 5.99. The van der Waals surface area contributed by atoms with E-state index in [-0.39, 0.29) is 18.0 Å². The second-order valence-electron chi connectivity index (χ2n) is 5.99. The topological polar surface area (TPSA) is 59.9 Å². The summed E-state index contributed by atoms with van der Waals surface area (Å²) in [6.07, 6.45) is 1.43. The molecule has 0 saturated heterocycles. The van der Waals surface area contributed by atoms with Gasteiger partial charge >= 0.3 is 0 Å². The average Bonchev–Trinajstić information content (AvgIpc) is 2.73. The van der Waals surface area contributed by atoms with Crippen molar-refractivity contribution in [1.29, 1.82) is 0 Å². The molecular formula is C22H18F2N2O3. The Morgan fingerprint density at radius 3 is 2.55 bits per heavy atom. The van der Waals surface area contributed by atoms with E-state index in [4.69, 9.17) is 9.47 Å². The quantitative estimate of drug-likeness (QED) is 0.478. The molecule has 0 heterocycles. The molecule has 3 aromatic carbocycles. The predicted octanol–water partition coefficient (Wildman–Crippen LogP) is 4.32. The fourth-order valence-electron chi connectivity index (χ4n) is 2.55. The number of methoxy groups -OCH3 is 1. The molecule has 5 nitrogen and oxygen atoms in total. The van der Waals surface area contributed by atoms with Gasteiger partial charge < -0.3 is 9.47 Å². The molecule has 0 fully saturated rings. The van der Waals surface area contributed by atoms with Crippen molar-refractivity contribution in [2.45, 2.75) is 6.61 Å². The number of hydrogen-bond acceptors (Lipinski definition) is 4. The van der Waals surface area contributed by atoms with Crippen LogP contribution in [0.2, 0.25) is 0 Å². The van der Waals surface area contributed by atoms with Gasteiger partial charge in [0.05, 0.1) is 18.9 Å². The van der Waals surface area contributed by atoms with Crippen molar-refractivity contribution in [3.8, 4) is 11.5 Å². The van der Waals surface area contributed by atoms with Crippen molar-refractivity contribution >= 4 is 12.1 Å². The van der Waals surface area contributed by atoms with Gasteiger partial charge in [0.25, 0.3) is 5.91 Å². The van der Waals surface area contributed by atoms with Crippen LogP contribution in [0.15, 0.2) is 71.8 Å². The summed E-state index contributed by atoms with van der Waals surface area (Å²) in [4.78, 5) is 12.0. The molecule has 0 aliphatic carbocycles. The van der Waals surface area contributed by atoms with Crippen molar-refractivity contribution in [2.24, 2.45) is 5.10 Å². The van der Waals surface area contributed by atoms with Crippen LogP contribution >= 0.6 is 0 Å². The van der Waals surface area contributed by atoms with Gasteiger partial charge in [0.1, 0.15) is 29.7 Å². The van der Waals surface area contributed by atoms with Crippen molar-refractivity contribution in [3.05, 3.63) is 95.1 Å². The fourth-order valence-corrected chi connectivity index (χ4v) is 2.55. The summed E-state index contributed by atoms with van der Waals surface area (Å²) in [5.41, 5.74) is 3.62. The minimum atomic E-state index is -0.646. The molecule has 0 atom stereocenters. The van der Waals surface area contributed by atoms with Crippen LogP contribution in [-0.4, -0.2) is 19.2 Å². The minimum absolute atomic E-state index is 0.0900. The van der Waals surface area contributed by atoms with Gasteiger partial charge in [0, 0.05) is 5.56 Å². The van der Waals surface area contributed by atoms with Gasteiger partial charge in [-0.3, -0.25) is 4.79 Å². The molecule has 0 aliphatic rings. The second kappa shape index (κ2) is 9.45. The van der Waals surface area contributed by atoms with Crippen molar-refractivity contribution in [3.63, 3.8) is 0 Å². The zero-order valence-corrected chi connectivity index (χ0v) is 15.6. The van der Waals surface area contributed by atoms with Crippen molar-refractivity contribution in [2.75, 3.05) is 7.11 Å². The summed E-state index contributed by atoms with van der Waals surface area (Å²) in [7, 11) is 1.54. The number of amides is 1. The molecule has 0 radical (unpaired) electrons. The summed E-state index contributed by atoms with van der Waals surface area (Å²) in [6.45, 7) is 0.193. The maximum absolute atomic E-state index is 13.6. The zero-order chi connectivity index (χ0) is 20.6. The third-order valence-corrected chi connectivity index (χ3v) is 4.01.